The Kier molecular flexibility index (Phi) is 5.26. The molecular weight excluding hydrogens is 330 g/mol. The molecule has 0 aliphatic rings. The highest BCUT2D eigenvalue weighted by Gasteiger charge is 2.10. The van der Waals surface area contributed by atoms with E-state index in [9.17, 15) is 5.11 Å². The lowest BCUT2D eigenvalue weighted by Crippen LogP contribution is -2.17. The van der Waals surface area contributed by atoms with Gasteiger partial charge in [-0.1, -0.05) is 40.2 Å². The predicted octanol–water partition coefficient (Wildman–Crippen LogP) is 4.15. The van der Waals surface area contributed by atoms with Gasteiger partial charge in [0, 0.05) is 29.3 Å². The van der Waals surface area contributed by atoms with E-state index in [1.807, 2.05) is 43.4 Å². The van der Waals surface area contributed by atoms with Crippen LogP contribution in [0.1, 0.15) is 24.2 Å². The quantitative estimate of drug-likeness (QED) is 0.880. The van der Waals surface area contributed by atoms with Crippen LogP contribution in [0, 0.1) is 0 Å². The summed E-state index contributed by atoms with van der Waals surface area (Å²) in [6.07, 6.45) is -0.479. The van der Waals surface area contributed by atoms with Gasteiger partial charge in [0.25, 0.3) is 0 Å². The van der Waals surface area contributed by atoms with Gasteiger partial charge in [-0.15, -0.1) is 0 Å². The number of nitrogens with zero attached hydrogens (tertiary/aromatic N) is 1. The van der Waals surface area contributed by atoms with Crippen LogP contribution < -0.4 is 9.64 Å². The molecule has 0 amide bonds. The van der Waals surface area contributed by atoms with Gasteiger partial charge in [0.05, 0.1) is 13.2 Å². The maximum atomic E-state index is 9.68. The first-order chi connectivity index (χ1) is 10.0. The second-order valence-corrected chi connectivity index (χ2v) is 5.90. The van der Waals surface area contributed by atoms with E-state index in [4.69, 9.17) is 4.74 Å². The Morgan fingerprint density at radius 1 is 1.24 bits per heavy atom. The molecule has 0 spiro atoms. The molecule has 0 bridgehead atoms. The minimum Gasteiger partial charge on any atom is -0.496 e. The van der Waals surface area contributed by atoms with Crippen molar-refractivity contribution in [3.05, 3.63) is 58.1 Å². The zero-order valence-electron chi connectivity index (χ0n) is 12.5. The molecule has 2 aromatic carbocycles. The van der Waals surface area contributed by atoms with Crippen LogP contribution in [0.5, 0.6) is 5.75 Å². The molecule has 0 aliphatic heterocycles. The van der Waals surface area contributed by atoms with Crippen LogP contribution in [0.4, 0.5) is 5.69 Å². The third kappa shape index (κ3) is 3.77. The zero-order valence-corrected chi connectivity index (χ0v) is 14.1. The summed E-state index contributed by atoms with van der Waals surface area (Å²) >= 11 is 3.52. The Labute approximate surface area is 134 Å². The fourth-order valence-corrected chi connectivity index (χ4v) is 2.97. The van der Waals surface area contributed by atoms with Crippen molar-refractivity contribution >= 4 is 21.6 Å². The number of para-hydroxylation sites is 1. The molecule has 0 radical (unpaired) electrons. The fourth-order valence-electron chi connectivity index (χ4n) is 2.27. The van der Waals surface area contributed by atoms with Gasteiger partial charge < -0.3 is 14.7 Å². The highest BCUT2D eigenvalue weighted by Crippen LogP contribution is 2.29. The zero-order chi connectivity index (χ0) is 15.4. The molecule has 0 fully saturated rings. The first-order valence-corrected chi connectivity index (χ1v) is 7.62. The molecule has 0 heterocycles. The standard InChI is InChI=1S/C17H20BrNO2/c1-12(20)15-9-8-14(10-16(15)18)19(2)11-13-6-4-5-7-17(13)21-3/h4-10,12,20H,11H2,1-3H3. The van der Waals surface area contributed by atoms with Crippen molar-refractivity contribution in [3.8, 4) is 5.75 Å². The van der Waals surface area contributed by atoms with E-state index in [1.54, 1.807) is 14.0 Å². The Hall–Kier alpha value is -1.52. The largest absolute Gasteiger partial charge is 0.496 e. The summed E-state index contributed by atoms with van der Waals surface area (Å²) in [7, 11) is 3.73. The van der Waals surface area contributed by atoms with Gasteiger partial charge in [-0.05, 0) is 30.7 Å². The van der Waals surface area contributed by atoms with E-state index in [2.05, 4.69) is 26.9 Å². The number of ether oxygens (including phenoxy) is 1. The first-order valence-electron chi connectivity index (χ1n) is 6.83. The lowest BCUT2D eigenvalue weighted by Gasteiger charge is -2.22. The molecule has 0 aromatic heterocycles. The van der Waals surface area contributed by atoms with Crippen LogP contribution in [0.2, 0.25) is 0 Å². The molecular formula is C17H20BrNO2. The molecule has 1 N–H and O–H groups in total. The van der Waals surface area contributed by atoms with Crippen molar-refractivity contribution in [2.45, 2.75) is 19.6 Å². The van der Waals surface area contributed by atoms with Gasteiger partial charge in [-0.25, -0.2) is 0 Å². The van der Waals surface area contributed by atoms with Crippen molar-refractivity contribution in [1.82, 2.24) is 0 Å². The van der Waals surface area contributed by atoms with Gasteiger partial charge in [0.2, 0.25) is 0 Å². The van der Waals surface area contributed by atoms with Crippen molar-refractivity contribution in [2.75, 3.05) is 19.1 Å². The van der Waals surface area contributed by atoms with Crippen molar-refractivity contribution in [1.29, 1.82) is 0 Å². The molecule has 3 nitrogen and oxygen atoms in total. The monoisotopic (exact) mass is 349 g/mol. The predicted molar refractivity (Wildman–Crippen MR) is 89.9 cm³/mol. The minimum atomic E-state index is -0.479. The molecule has 4 heteroatoms. The number of hydrogen-bond acceptors (Lipinski definition) is 3. The maximum Gasteiger partial charge on any atom is 0.123 e. The second-order valence-electron chi connectivity index (χ2n) is 5.05. The normalized spacial score (nSPS) is 12.0. The molecule has 112 valence electrons. The number of rotatable bonds is 5. The minimum absolute atomic E-state index is 0.479. The SMILES string of the molecule is COc1ccccc1CN(C)c1ccc(C(C)O)c(Br)c1. The summed E-state index contributed by atoms with van der Waals surface area (Å²) in [5.74, 6) is 0.893. The smallest absolute Gasteiger partial charge is 0.123 e. The van der Waals surface area contributed by atoms with Crippen LogP contribution in [-0.2, 0) is 6.54 Å². The maximum absolute atomic E-state index is 9.68. The molecule has 0 saturated carbocycles. The summed E-state index contributed by atoms with van der Waals surface area (Å²) in [4.78, 5) is 2.15. The van der Waals surface area contributed by atoms with Crippen LogP contribution in [0.3, 0.4) is 0 Å². The molecule has 0 aliphatic carbocycles. The number of anilines is 1. The van der Waals surface area contributed by atoms with Crippen LogP contribution in [0.25, 0.3) is 0 Å². The Morgan fingerprint density at radius 3 is 2.57 bits per heavy atom. The van der Waals surface area contributed by atoms with Gasteiger partial charge in [-0.2, -0.15) is 0 Å². The van der Waals surface area contributed by atoms with E-state index in [1.165, 1.54) is 0 Å². The van der Waals surface area contributed by atoms with E-state index in [-0.39, 0.29) is 0 Å². The summed E-state index contributed by atoms with van der Waals surface area (Å²) in [6.45, 7) is 2.52. The Morgan fingerprint density at radius 2 is 1.95 bits per heavy atom. The third-order valence-corrected chi connectivity index (χ3v) is 4.16. The molecule has 1 atom stereocenters. The second kappa shape index (κ2) is 6.96. The lowest BCUT2D eigenvalue weighted by molar-refractivity contribution is 0.198. The lowest BCUT2D eigenvalue weighted by atomic mass is 10.1. The highest BCUT2D eigenvalue weighted by molar-refractivity contribution is 9.10. The topological polar surface area (TPSA) is 32.7 Å². The number of methoxy groups -OCH3 is 1. The van der Waals surface area contributed by atoms with Gasteiger partial charge in [0.15, 0.2) is 0 Å². The van der Waals surface area contributed by atoms with E-state index < -0.39 is 6.10 Å². The summed E-state index contributed by atoms with van der Waals surface area (Å²) < 4.78 is 6.31. The van der Waals surface area contributed by atoms with Crippen molar-refractivity contribution in [3.63, 3.8) is 0 Å². The van der Waals surface area contributed by atoms with E-state index in [0.717, 1.165) is 33.6 Å². The molecule has 2 rings (SSSR count). The van der Waals surface area contributed by atoms with Crippen LogP contribution in [-0.4, -0.2) is 19.3 Å². The van der Waals surface area contributed by atoms with Gasteiger partial charge in [-0.3, -0.25) is 0 Å². The number of benzene rings is 2. The Bertz CT molecular complexity index is 613. The molecule has 21 heavy (non-hydrogen) atoms. The summed E-state index contributed by atoms with van der Waals surface area (Å²) in [5.41, 5.74) is 3.11. The molecule has 0 saturated heterocycles. The van der Waals surface area contributed by atoms with Gasteiger partial charge in [0.1, 0.15) is 5.75 Å². The summed E-state index contributed by atoms with van der Waals surface area (Å²) in [5, 5.41) is 9.68. The molecule has 2 aromatic rings. The van der Waals surface area contributed by atoms with E-state index >= 15 is 0 Å². The number of aliphatic hydroxyl groups is 1. The number of aliphatic hydroxyl groups excluding tert-OH is 1. The number of hydrogen-bond donors (Lipinski definition) is 1. The average molecular weight is 350 g/mol. The third-order valence-electron chi connectivity index (χ3n) is 3.47. The van der Waals surface area contributed by atoms with E-state index in [0.29, 0.717) is 0 Å². The Balaban J connectivity index is 2.20. The first kappa shape index (κ1) is 15.9. The fraction of sp³-hybridized carbons (Fsp3) is 0.294. The average Bonchev–Trinajstić information content (AvgIpc) is 2.47. The number of halogens is 1. The van der Waals surface area contributed by atoms with Crippen LogP contribution in [0.15, 0.2) is 46.9 Å². The molecule has 1 unspecified atom stereocenters. The van der Waals surface area contributed by atoms with Crippen molar-refractivity contribution in [2.24, 2.45) is 0 Å². The highest BCUT2D eigenvalue weighted by atomic mass is 79.9. The summed E-state index contributed by atoms with van der Waals surface area (Å²) in [6, 6.07) is 14.0. The van der Waals surface area contributed by atoms with Crippen LogP contribution >= 0.6 is 15.9 Å². The van der Waals surface area contributed by atoms with Gasteiger partial charge >= 0.3 is 0 Å². The van der Waals surface area contributed by atoms with Crippen molar-refractivity contribution < 1.29 is 9.84 Å².